The van der Waals surface area contributed by atoms with Gasteiger partial charge in [-0.3, -0.25) is 0 Å². The standard InChI is InChI=1S/C15H23NS/c1-16-11-15(6-4-12-5-7-17-10-12)9-13-2-3-14(15)8-13/h5,7,10,13-14,16H,2-4,6,8-9,11H2,1H3. The Labute approximate surface area is 109 Å². The molecule has 1 heterocycles. The van der Waals surface area contributed by atoms with Crippen LogP contribution in [-0.4, -0.2) is 13.6 Å². The molecule has 94 valence electrons. The molecule has 0 saturated heterocycles. The van der Waals surface area contributed by atoms with Crippen molar-refractivity contribution in [2.75, 3.05) is 13.6 Å². The number of nitrogens with one attached hydrogen (secondary N) is 1. The molecular formula is C15H23NS. The zero-order chi connectivity index (χ0) is 11.7. The molecule has 1 N–H and O–H groups in total. The molecule has 3 unspecified atom stereocenters. The van der Waals surface area contributed by atoms with Crippen LogP contribution >= 0.6 is 11.3 Å². The van der Waals surface area contributed by atoms with Crippen LogP contribution in [0.4, 0.5) is 0 Å². The number of rotatable bonds is 5. The number of aryl methyl sites for hydroxylation is 1. The van der Waals surface area contributed by atoms with Crippen molar-refractivity contribution in [3.8, 4) is 0 Å². The summed E-state index contributed by atoms with van der Waals surface area (Å²) >= 11 is 1.83. The van der Waals surface area contributed by atoms with Crippen LogP contribution in [-0.2, 0) is 6.42 Å². The molecule has 0 aliphatic heterocycles. The molecule has 2 aliphatic carbocycles. The van der Waals surface area contributed by atoms with Gasteiger partial charge in [-0.2, -0.15) is 11.3 Å². The molecule has 0 amide bonds. The number of hydrogen-bond donors (Lipinski definition) is 1. The van der Waals surface area contributed by atoms with Crippen molar-refractivity contribution in [3.63, 3.8) is 0 Å². The largest absolute Gasteiger partial charge is 0.319 e. The summed E-state index contributed by atoms with van der Waals surface area (Å²) in [6.45, 7) is 1.23. The van der Waals surface area contributed by atoms with E-state index in [1.165, 1.54) is 45.1 Å². The Kier molecular flexibility index (Phi) is 3.27. The van der Waals surface area contributed by atoms with Crippen molar-refractivity contribution in [1.82, 2.24) is 5.32 Å². The van der Waals surface area contributed by atoms with E-state index in [0.717, 1.165) is 11.8 Å². The summed E-state index contributed by atoms with van der Waals surface area (Å²) in [6.07, 6.45) is 8.69. The second-order valence-electron chi connectivity index (χ2n) is 6.10. The summed E-state index contributed by atoms with van der Waals surface area (Å²) < 4.78 is 0. The topological polar surface area (TPSA) is 12.0 Å². The second-order valence-corrected chi connectivity index (χ2v) is 6.88. The number of fused-ring (bicyclic) bond motifs is 2. The van der Waals surface area contributed by atoms with E-state index in [1.54, 1.807) is 5.56 Å². The predicted molar refractivity (Wildman–Crippen MR) is 74.4 cm³/mol. The van der Waals surface area contributed by atoms with Gasteiger partial charge in [0.15, 0.2) is 0 Å². The molecule has 0 radical (unpaired) electrons. The Morgan fingerprint density at radius 3 is 3.00 bits per heavy atom. The van der Waals surface area contributed by atoms with Crippen LogP contribution in [0.1, 0.15) is 37.7 Å². The Balaban J connectivity index is 1.68. The minimum Gasteiger partial charge on any atom is -0.319 e. The molecule has 1 nitrogen and oxygen atoms in total. The third kappa shape index (κ3) is 2.17. The lowest BCUT2D eigenvalue weighted by Crippen LogP contribution is -2.37. The Bertz CT molecular complexity index is 359. The summed E-state index contributed by atoms with van der Waals surface area (Å²) in [5, 5.41) is 8.00. The first-order chi connectivity index (χ1) is 8.32. The van der Waals surface area contributed by atoms with Crippen LogP contribution < -0.4 is 5.32 Å². The van der Waals surface area contributed by atoms with Crippen molar-refractivity contribution >= 4 is 11.3 Å². The molecule has 3 rings (SSSR count). The van der Waals surface area contributed by atoms with Crippen LogP contribution in [0.5, 0.6) is 0 Å². The average Bonchev–Trinajstić information content (AvgIpc) is 3.03. The maximum atomic E-state index is 3.47. The van der Waals surface area contributed by atoms with Crippen molar-refractivity contribution in [2.45, 2.75) is 38.5 Å². The highest BCUT2D eigenvalue weighted by atomic mass is 32.1. The Morgan fingerprint density at radius 1 is 1.47 bits per heavy atom. The van der Waals surface area contributed by atoms with Crippen LogP contribution in [0.2, 0.25) is 0 Å². The molecule has 17 heavy (non-hydrogen) atoms. The van der Waals surface area contributed by atoms with Gasteiger partial charge in [0.2, 0.25) is 0 Å². The summed E-state index contributed by atoms with van der Waals surface area (Å²) in [5.74, 6) is 2.06. The van der Waals surface area contributed by atoms with Gasteiger partial charge in [-0.15, -0.1) is 0 Å². The van der Waals surface area contributed by atoms with Gasteiger partial charge in [-0.1, -0.05) is 6.42 Å². The minimum atomic E-state index is 0.625. The SMILES string of the molecule is CNCC1(CCc2ccsc2)CC2CCC1C2. The van der Waals surface area contributed by atoms with Gasteiger partial charge in [0.05, 0.1) is 0 Å². The highest BCUT2D eigenvalue weighted by molar-refractivity contribution is 7.07. The maximum Gasteiger partial charge on any atom is 0.000768 e. The van der Waals surface area contributed by atoms with Crippen LogP contribution in [0, 0.1) is 17.3 Å². The first-order valence-electron chi connectivity index (χ1n) is 6.98. The lowest BCUT2D eigenvalue weighted by atomic mass is 9.69. The monoisotopic (exact) mass is 249 g/mol. The average molecular weight is 249 g/mol. The van der Waals surface area contributed by atoms with E-state index in [0.29, 0.717) is 5.41 Å². The quantitative estimate of drug-likeness (QED) is 0.839. The fourth-order valence-corrected chi connectivity index (χ4v) is 5.05. The third-order valence-corrected chi connectivity index (χ3v) is 5.86. The summed E-state index contributed by atoms with van der Waals surface area (Å²) in [7, 11) is 2.12. The molecule has 2 fully saturated rings. The predicted octanol–water partition coefficient (Wildman–Crippen LogP) is 3.71. The molecule has 2 aliphatic rings. The fraction of sp³-hybridized carbons (Fsp3) is 0.733. The zero-order valence-corrected chi connectivity index (χ0v) is 11.6. The normalized spacial score (nSPS) is 35.6. The first kappa shape index (κ1) is 11.7. The smallest absolute Gasteiger partial charge is 0.000768 e. The van der Waals surface area contributed by atoms with Crippen molar-refractivity contribution < 1.29 is 0 Å². The lowest BCUT2D eigenvalue weighted by Gasteiger charge is -2.38. The van der Waals surface area contributed by atoms with Gasteiger partial charge < -0.3 is 5.32 Å². The van der Waals surface area contributed by atoms with E-state index in [-0.39, 0.29) is 0 Å². The molecule has 1 aromatic heterocycles. The highest BCUT2D eigenvalue weighted by Gasteiger charge is 2.49. The molecule has 3 atom stereocenters. The van der Waals surface area contributed by atoms with E-state index in [4.69, 9.17) is 0 Å². The molecule has 1 aromatic rings. The molecule has 2 heteroatoms. The van der Waals surface area contributed by atoms with Gasteiger partial charge in [0, 0.05) is 6.54 Å². The van der Waals surface area contributed by atoms with E-state index in [2.05, 4.69) is 29.2 Å². The highest BCUT2D eigenvalue weighted by Crippen LogP contribution is 2.57. The lowest BCUT2D eigenvalue weighted by molar-refractivity contribution is 0.146. The van der Waals surface area contributed by atoms with Crippen molar-refractivity contribution in [2.24, 2.45) is 17.3 Å². The van der Waals surface area contributed by atoms with Crippen LogP contribution in [0.15, 0.2) is 16.8 Å². The molecule has 2 saturated carbocycles. The summed E-state index contributed by atoms with van der Waals surface area (Å²) in [6, 6.07) is 2.30. The Hall–Kier alpha value is -0.340. The van der Waals surface area contributed by atoms with E-state index in [1.807, 2.05) is 11.3 Å². The first-order valence-corrected chi connectivity index (χ1v) is 7.92. The van der Waals surface area contributed by atoms with Crippen LogP contribution in [0.25, 0.3) is 0 Å². The molecule has 0 spiro atoms. The van der Waals surface area contributed by atoms with E-state index >= 15 is 0 Å². The van der Waals surface area contributed by atoms with Gasteiger partial charge >= 0.3 is 0 Å². The van der Waals surface area contributed by atoms with E-state index in [9.17, 15) is 0 Å². The maximum absolute atomic E-state index is 3.47. The van der Waals surface area contributed by atoms with Gasteiger partial charge in [-0.05, 0) is 78.8 Å². The second kappa shape index (κ2) is 4.74. The fourth-order valence-electron chi connectivity index (χ4n) is 4.35. The van der Waals surface area contributed by atoms with Crippen molar-refractivity contribution in [1.29, 1.82) is 0 Å². The summed E-state index contributed by atoms with van der Waals surface area (Å²) in [4.78, 5) is 0. The van der Waals surface area contributed by atoms with E-state index < -0.39 is 0 Å². The van der Waals surface area contributed by atoms with Gasteiger partial charge in [0.25, 0.3) is 0 Å². The number of thiophene rings is 1. The van der Waals surface area contributed by atoms with Gasteiger partial charge in [-0.25, -0.2) is 0 Å². The molecular weight excluding hydrogens is 226 g/mol. The molecule has 2 bridgehead atoms. The molecule has 0 aromatic carbocycles. The van der Waals surface area contributed by atoms with Crippen molar-refractivity contribution in [3.05, 3.63) is 22.4 Å². The summed E-state index contributed by atoms with van der Waals surface area (Å²) in [5.41, 5.74) is 2.17. The minimum absolute atomic E-state index is 0.625. The Morgan fingerprint density at radius 2 is 2.41 bits per heavy atom. The zero-order valence-electron chi connectivity index (χ0n) is 10.7. The van der Waals surface area contributed by atoms with Gasteiger partial charge in [0.1, 0.15) is 0 Å². The van der Waals surface area contributed by atoms with Crippen LogP contribution in [0.3, 0.4) is 0 Å². The third-order valence-electron chi connectivity index (χ3n) is 5.12. The number of hydrogen-bond acceptors (Lipinski definition) is 2.